The standard InChI is InChI=1S/C19H20FNO3/c1-14-4-2-5-17(21-14)6-3-13-24-19(23)12-11-18(22)15-7-9-16(20)10-8-15/h2,4-5,7-10H,3,6,11-13H2,1H3. The Morgan fingerprint density at radius 1 is 1.08 bits per heavy atom. The number of aryl methyl sites for hydroxylation is 2. The molecule has 126 valence electrons. The Hall–Kier alpha value is -2.56. The van der Waals surface area contributed by atoms with Crippen molar-refractivity contribution >= 4 is 11.8 Å². The third kappa shape index (κ3) is 5.91. The van der Waals surface area contributed by atoms with Gasteiger partial charge >= 0.3 is 5.97 Å². The minimum atomic E-state index is -0.400. The van der Waals surface area contributed by atoms with E-state index in [1.54, 1.807) is 0 Å². The lowest BCUT2D eigenvalue weighted by Crippen LogP contribution is -2.09. The van der Waals surface area contributed by atoms with Crippen molar-refractivity contribution in [2.45, 2.75) is 32.6 Å². The predicted octanol–water partition coefficient (Wildman–Crippen LogP) is 3.67. The molecule has 0 aliphatic carbocycles. The van der Waals surface area contributed by atoms with Crippen LogP contribution in [-0.4, -0.2) is 23.3 Å². The molecule has 0 atom stereocenters. The summed E-state index contributed by atoms with van der Waals surface area (Å²) in [6.45, 7) is 2.24. The Labute approximate surface area is 140 Å². The van der Waals surface area contributed by atoms with Gasteiger partial charge in [-0.15, -0.1) is 0 Å². The summed E-state index contributed by atoms with van der Waals surface area (Å²) in [5, 5.41) is 0. The van der Waals surface area contributed by atoms with Crippen molar-refractivity contribution in [2.24, 2.45) is 0 Å². The van der Waals surface area contributed by atoms with Crippen LogP contribution in [-0.2, 0) is 16.0 Å². The number of benzene rings is 1. The lowest BCUT2D eigenvalue weighted by molar-refractivity contribution is -0.143. The van der Waals surface area contributed by atoms with E-state index >= 15 is 0 Å². The Bertz CT molecular complexity index is 698. The largest absolute Gasteiger partial charge is 0.466 e. The summed E-state index contributed by atoms with van der Waals surface area (Å²) in [5.41, 5.74) is 2.33. The number of hydrogen-bond donors (Lipinski definition) is 0. The van der Waals surface area contributed by atoms with Gasteiger partial charge in [0.15, 0.2) is 5.78 Å². The summed E-state index contributed by atoms with van der Waals surface area (Å²) in [7, 11) is 0. The number of hydrogen-bond acceptors (Lipinski definition) is 4. The zero-order valence-corrected chi connectivity index (χ0v) is 13.6. The highest BCUT2D eigenvalue weighted by Gasteiger charge is 2.10. The molecule has 1 aromatic carbocycles. The molecule has 2 rings (SSSR count). The molecule has 0 radical (unpaired) electrons. The fourth-order valence-electron chi connectivity index (χ4n) is 2.25. The molecule has 0 amide bonds. The number of esters is 1. The monoisotopic (exact) mass is 329 g/mol. The van der Waals surface area contributed by atoms with E-state index in [4.69, 9.17) is 4.74 Å². The minimum Gasteiger partial charge on any atom is -0.466 e. The van der Waals surface area contributed by atoms with Gasteiger partial charge in [-0.05, 0) is 56.2 Å². The van der Waals surface area contributed by atoms with Crippen molar-refractivity contribution < 1.29 is 18.7 Å². The molecule has 5 heteroatoms. The summed E-state index contributed by atoms with van der Waals surface area (Å²) in [4.78, 5) is 27.9. The van der Waals surface area contributed by atoms with Crippen LogP contribution in [0.5, 0.6) is 0 Å². The lowest BCUT2D eigenvalue weighted by atomic mass is 10.1. The van der Waals surface area contributed by atoms with Gasteiger partial charge in [-0.2, -0.15) is 0 Å². The summed E-state index contributed by atoms with van der Waals surface area (Å²) in [6.07, 6.45) is 1.51. The molecule has 0 spiro atoms. The number of halogens is 1. The number of rotatable bonds is 8. The van der Waals surface area contributed by atoms with Crippen LogP contribution in [0.2, 0.25) is 0 Å². The van der Waals surface area contributed by atoms with Gasteiger partial charge in [0.25, 0.3) is 0 Å². The molecule has 0 fully saturated rings. The summed E-state index contributed by atoms with van der Waals surface area (Å²) in [5.74, 6) is -0.993. The van der Waals surface area contributed by atoms with E-state index in [0.29, 0.717) is 18.6 Å². The fraction of sp³-hybridized carbons (Fsp3) is 0.316. The third-order valence-electron chi connectivity index (χ3n) is 3.51. The number of pyridine rings is 1. The van der Waals surface area contributed by atoms with Crippen LogP contribution in [0, 0.1) is 12.7 Å². The Kier molecular flexibility index (Phi) is 6.61. The number of carbonyl (C=O) groups excluding carboxylic acids is 2. The average Bonchev–Trinajstić information content (AvgIpc) is 2.57. The van der Waals surface area contributed by atoms with Crippen LogP contribution < -0.4 is 0 Å². The van der Waals surface area contributed by atoms with Crippen molar-refractivity contribution in [1.29, 1.82) is 0 Å². The summed E-state index contributed by atoms with van der Waals surface area (Å²) >= 11 is 0. The highest BCUT2D eigenvalue weighted by atomic mass is 19.1. The normalized spacial score (nSPS) is 10.4. The molecule has 4 nitrogen and oxygen atoms in total. The van der Waals surface area contributed by atoms with Crippen LogP contribution >= 0.6 is 0 Å². The summed E-state index contributed by atoms with van der Waals surface area (Å²) in [6, 6.07) is 11.1. The molecular formula is C19H20FNO3. The van der Waals surface area contributed by atoms with Crippen molar-refractivity contribution in [3.05, 3.63) is 65.2 Å². The van der Waals surface area contributed by atoms with Crippen LogP contribution in [0.25, 0.3) is 0 Å². The highest BCUT2D eigenvalue weighted by Crippen LogP contribution is 2.08. The topological polar surface area (TPSA) is 56.3 Å². The molecule has 1 aromatic heterocycles. The zero-order valence-electron chi connectivity index (χ0n) is 13.6. The van der Waals surface area contributed by atoms with Crippen molar-refractivity contribution in [3.63, 3.8) is 0 Å². The molecule has 24 heavy (non-hydrogen) atoms. The van der Waals surface area contributed by atoms with E-state index in [1.807, 2.05) is 25.1 Å². The number of aromatic nitrogens is 1. The number of ether oxygens (including phenoxy) is 1. The maximum absolute atomic E-state index is 12.8. The van der Waals surface area contributed by atoms with Gasteiger partial charge in [-0.1, -0.05) is 6.07 Å². The first-order valence-electron chi connectivity index (χ1n) is 7.91. The first-order chi connectivity index (χ1) is 11.5. The van der Waals surface area contributed by atoms with E-state index in [2.05, 4.69) is 4.98 Å². The number of ketones is 1. The minimum absolute atomic E-state index is 0.0267. The molecule has 0 bridgehead atoms. The van der Waals surface area contributed by atoms with E-state index in [-0.39, 0.29) is 18.6 Å². The molecule has 0 N–H and O–H groups in total. The van der Waals surface area contributed by atoms with Gasteiger partial charge in [0.1, 0.15) is 5.82 Å². The lowest BCUT2D eigenvalue weighted by Gasteiger charge is -2.05. The van der Waals surface area contributed by atoms with Gasteiger partial charge in [-0.25, -0.2) is 4.39 Å². The molecule has 0 saturated heterocycles. The number of Topliss-reactive ketones (excluding diaryl/α,β-unsaturated/α-hetero) is 1. The van der Waals surface area contributed by atoms with E-state index in [9.17, 15) is 14.0 Å². The average molecular weight is 329 g/mol. The molecule has 0 saturated carbocycles. The maximum Gasteiger partial charge on any atom is 0.306 e. The number of carbonyl (C=O) groups is 2. The Balaban J connectivity index is 1.64. The van der Waals surface area contributed by atoms with Crippen molar-refractivity contribution in [3.8, 4) is 0 Å². The Morgan fingerprint density at radius 2 is 1.83 bits per heavy atom. The van der Waals surface area contributed by atoms with Gasteiger partial charge in [0.05, 0.1) is 13.0 Å². The predicted molar refractivity (Wildman–Crippen MR) is 88.2 cm³/mol. The maximum atomic E-state index is 12.8. The van der Waals surface area contributed by atoms with Crippen molar-refractivity contribution in [1.82, 2.24) is 4.98 Å². The van der Waals surface area contributed by atoms with Gasteiger partial charge in [0.2, 0.25) is 0 Å². The molecule has 2 aromatic rings. The van der Waals surface area contributed by atoms with E-state index in [1.165, 1.54) is 24.3 Å². The SMILES string of the molecule is Cc1cccc(CCCOC(=O)CCC(=O)c2ccc(F)cc2)n1. The molecule has 1 heterocycles. The van der Waals surface area contributed by atoms with E-state index in [0.717, 1.165) is 17.8 Å². The molecule has 0 aliphatic rings. The fourth-order valence-corrected chi connectivity index (χ4v) is 2.25. The van der Waals surface area contributed by atoms with Gasteiger partial charge in [0, 0.05) is 23.4 Å². The van der Waals surface area contributed by atoms with E-state index < -0.39 is 11.8 Å². The van der Waals surface area contributed by atoms with Crippen LogP contribution in [0.1, 0.15) is 41.0 Å². The van der Waals surface area contributed by atoms with Gasteiger partial charge in [-0.3, -0.25) is 14.6 Å². The molecular weight excluding hydrogens is 309 g/mol. The quantitative estimate of drug-likeness (QED) is 0.421. The summed E-state index contributed by atoms with van der Waals surface area (Å²) < 4.78 is 17.9. The second-order valence-corrected chi connectivity index (χ2v) is 5.52. The zero-order chi connectivity index (χ0) is 17.4. The smallest absolute Gasteiger partial charge is 0.306 e. The first-order valence-corrected chi connectivity index (χ1v) is 7.91. The van der Waals surface area contributed by atoms with Crippen molar-refractivity contribution in [2.75, 3.05) is 6.61 Å². The second-order valence-electron chi connectivity index (χ2n) is 5.52. The highest BCUT2D eigenvalue weighted by molar-refractivity contribution is 5.97. The third-order valence-corrected chi connectivity index (χ3v) is 3.51. The molecule has 0 aliphatic heterocycles. The Morgan fingerprint density at radius 3 is 2.54 bits per heavy atom. The number of nitrogens with zero attached hydrogens (tertiary/aromatic N) is 1. The first kappa shape index (κ1) is 17.8. The molecule has 0 unspecified atom stereocenters. The van der Waals surface area contributed by atoms with Gasteiger partial charge < -0.3 is 4.74 Å². The van der Waals surface area contributed by atoms with Crippen LogP contribution in [0.15, 0.2) is 42.5 Å². The van der Waals surface area contributed by atoms with Crippen LogP contribution in [0.3, 0.4) is 0 Å². The second kappa shape index (κ2) is 8.91. The van der Waals surface area contributed by atoms with Crippen LogP contribution in [0.4, 0.5) is 4.39 Å².